The summed E-state index contributed by atoms with van der Waals surface area (Å²) in [7, 11) is -1.37. The maximum absolute atomic E-state index is 13.0. The van der Waals surface area contributed by atoms with E-state index in [1.807, 2.05) is 44.2 Å². The number of ether oxygens (including phenoxy) is 1. The van der Waals surface area contributed by atoms with Gasteiger partial charge in [0, 0.05) is 12.2 Å². The van der Waals surface area contributed by atoms with E-state index < -0.39 is 20.8 Å². The van der Waals surface area contributed by atoms with E-state index in [0.29, 0.717) is 22.9 Å². The molecule has 2 aliphatic rings. The summed E-state index contributed by atoms with van der Waals surface area (Å²) in [6.07, 6.45) is 0.415. The Bertz CT molecular complexity index is 858. The number of para-hydroxylation sites is 1. The number of carbonyl (C=O) groups is 1. The van der Waals surface area contributed by atoms with Crippen molar-refractivity contribution < 1.29 is 18.8 Å². The molecule has 5 nitrogen and oxygen atoms in total. The van der Waals surface area contributed by atoms with Crippen LogP contribution in [0.4, 0.5) is 5.69 Å². The lowest BCUT2D eigenvalue weighted by Crippen LogP contribution is -2.37. The normalized spacial score (nSPS) is 27.5. The quantitative estimate of drug-likeness (QED) is 0.622. The monoisotopic (exact) mass is 391 g/mol. The Kier molecular flexibility index (Phi) is 5.39. The van der Waals surface area contributed by atoms with Gasteiger partial charge in [0.25, 0.3) is 0 Å². The molecule has 3 rings (SSSR count). The van der Waals surface area contributed by atoms with E-state index in [4.69, 9.17) is 4.74 Å². The van der Waals surface area contributed by atoms with Crippen LogP contribution in [0.3, 0.4) is 0 Å². The van der Waals surface area contributed by atoms with E-state index in [1.165, 1.54) is 11.8 Å². The summed E-state index contributed by atoms with van der Waals surface area (Å²) in [6.45, 7) is 5.81. The zero-order valence-electron chi connectivity index (χ0n) is 14.9. The number of esters is 1. The summed E-state index contributed by atoms with van der Waals surface area (Å²) in [5.41, 5.74) is 2.83. The molecule has 0 saturated heterocycles. The minimum Gasteiger partial charge on any atom is -0.509 e. The van der Waals surface area contributed by atoms with Crippen LogP contribution >= 0.6 is 11.8 Å². The van der Waals surface area contributed by atoms with Gasteiger partial charge in [0.15, 0.2) is 4.08 Å². The van der Waals surface area contributed by atoms with Gasteiger partial charge in [-0.25, -0.2) is 9.79 Å². The van der Waals surface area contributed by atoms with E-state index in [-0.39, 0.29) is 17.9 Å². The molecule has 26 heavy (non-hydrogen) atoms. The molecule has 2 atom stereocenters. The van der Waals surface area contributed by atoms with Gasteiger partial charge in [-0.15, -0.1) is 0 Å². The number of carbonyl (C=O) groups excluding carboxylic acids is 1. The van der Waals surface area contributed by atoms with E-state index in [1.54, 1.807) is 6.92 Å². The first-order valence-electron chi connectivity index (χ1n) is 8.36. The number of rotatable bonds is 3. The topological polar surface area (TPSA) is 76.0 Å². The molecule has 0 bridgehead atoms. The fraction of sp³-hybridized carbons (Fsp3) is 0.368. The standard InChI is InChI=1S/C19H21NO4S2/c1-4-24-18(22)15-16(21)19(10-12(2)13(3)11-26(19)23)25-17(15)20-14-8-6-5-7-9-14/h5-9,21H,4,10-11H2,1-3H3/t19-,26+/m1/s1. The summed E-state index contributed by atoms with van der Waals surface area (Å²) in [5, 5.41) is 11.3. The van der Waals surface area contributed by atoms with Crippen molar-refractivity contribution in [2.45, 2.75) is 31.3 Å². The second kappa shape index (κ2) is 7.40. The molecule has 2 heterocycles. The Morgan fingerprint density at radius 3 is 2.65 bits per heavy atom. The molecule has 138 valence electrons. The largest absolute Gasteiger partial charge is 0.509 e. The van der Waals surface area contributed by atoms with Crippen LogP contribution in [-0.4, -0.2) is 36.8 Å². The van der Waals surface area contributed by atoms with Gasteiger partial charge in [-0.1, -0.05) is 41.1 Å². The Hall–Kier alpha value is -1.86. The molecule has 1 aromatic rings. The van der Waals surface area contributed by atoms with Crippen LogP contribution in [0, 0.1) is 0 Å². The third kappa shape index (κ3) is 3.25. The fourth-order valence-electron chi connectivity index (χ4n) is 2.92. The molecule has 1 spiro atoms. The first kappa shape index (κ1) is 18.9. The number of aliphatic hydroxyl groups excluding tert-OH is 1. The third-order valence-corrected chi connectivity index (χ3v) is 8.21. The number of aliphatic hydroxyl groups is 1. The average molecular weight is 392 g/mol. The molecule has 2 aliphatic heterocycles. The Morgan fingerprint density at radius 1 is 1.31 bits per heavy atom. The second-order valence-corrected chi connectivity index (χ2v) is 9.50. The smallest absolute Gasteiger partial charge is 0.344 e. The summed E-state index contributed by atoms with van der Waals surface area (Å²) in [4.78, 5) is 17.0. The van der Waals surface area contributed by atoms with Crippen molar-refractivity contribution in [2.75, 3.05) is 12.4 Å². The van der Waals surface area contributed by atoms with Crippen LogP contribution < -0.4 is 0 Å². The van der Waals surface area contributed by atoms with E-state index in [0.717, 1.165) is 11.1 Å². The highest BCUT2D eigenvalue weighted by atomic mass is 32.2. The predicted octanol–water partition coefficient (Wildman–Crippen LogP) is 4.02. The van der Waals surface area contributed by atoms with Gasteiger partial charge in [0.2, 0.25) is 0 Å². The van der Waals surface area contributed by atoms with Crippen molar-refractivity contribution in [3.8, 4) is 0 Å². The summed E-state index contributed by atoms with van der Waals surface area (Å²) < 4.78 is 17.0. The van der Waals surface area contributed by atoms with Crippen LogP contribution in [-0.2, 0) is 20.3 Å². The molecule has 1 N–H and O–H groups in total. The zero-order chi connectivity index (χ0) is 18.9. The van der Waals surface area contributed by atoms with Crippen molar-refractivity contribution in [1.82, 2.24) is 0 Å². The molecular formula is C19H21NO4S2. The molecule has 7 heteroatoms. The molecular weight excluding hydrogens is 370 g/mol. The number of hydrogen-bond acceptors (Lipinski definition) is 6. The number of thioether (sulfide) groups is 1. The Labute approximate surface area is 159 Å². The fourth-order valence-corrected chi connectivity index (χ4v) is 6.51. The Balaban J connectivity index is 2.12. The second-order valence-electron chi connectivity index (χ2n) is 6.28. The van der Waals surface area contributed by atoms with E-state index in [9.17, 15) is 14.1 Å². The number of benzene rings is 1. The number of hydrogen-bond donors (Lipinski definition) is 1. The first-order chi connectivity index (χ1) is 12.4. The molecule has 0 amide bonds. The lowest BCUT2D eigenvalue weighted by atomic mass is 10.0. The minimum absolute atomic E-state index is 0.0291. The van der Waals surface area contributed by atoms with Gasteiger partial charge in [-0.2, -0.15) is 0 Å². The van der Waals surface area contributed by atoms with Gasteiger partial charge >= 0.3 is 5.97 Å². The van der Waals surface area contributed by atoms with Crippen molar-refractivity contribution >= 4 is 39.3 Å². The minimum atomic E-state index is -1.37. The van der Waals surface area contributed by atoms with Crippen molar-refractivity contribution in [3.63, 3.8) is 0 Å². The van der Waals surface area contributed by atoms with Crippen LogP contribution in [0.1, 0.15) is 27.2 Å². The summed E-state index contributed by atoms with van der Waals surface area (Å²) in [6, 6.07) is 9.19. The van der Waals surface area contributed by atoms with Crippen LogP contribution in [0.2, 0.25) is 0 Å². The molecule has 1 aromatic carbocycles. The van der Waals surface area contributed by atoms with Crippen LogP contribution in [0.25, 0.3) is 0 Å². The molecule has 0 aromatic heterocycles. The van der Waals surface area contributed by atoms with Gasteiger partial charge in [-0.05, 0) is 32.9 Å². The average Bonchev–Trinajstić information content (AvgIpc) is 2.87. The molecule has 0 saturated carbocycles. The highest BCUT2D eigenvalue weighted by Gasteiger charge is 2.54. The Morgan fingerprint density at radius 2 is 2.00 bits per heavy atom. The first-order valence-corrected chi connectivity index (χ1v) is 10.5. The number of aliphatic imine (C=N–C) groups is 1. The SMILES string of the molecule is CCOC(=O)C1=C(O)[C@]2(CC(C)=C(C)C[S@@]2=O)SC1=Nc1ccccc1. The van der Waals surface area contributed by atoms with E-state index >= 15 is 0 Å². The van der Waals surface area contributed by atoms with E-state index in [2.05, 4.69) is 4.99 Å². The lowest BCUT2D eigenvalue weighted by Gasteiger charge is -2.32. The zero-order valence-corrected chi connectivity index (χ0v) is 16.6. The van der Waals surface area contributed by atoms with Gasteiger partial charge in [0.05, 0.1) is 23.1 Å². The van der Waals surface area contributed by atoms with Gasteiger partial charge in [-0.3, -0.25) is 4.21 Å². The van der Waals surface area contributed by atoms with Crippen molar-refractivity contribution in [1.29, 1.82) is 0 Å². The van der Waals surface area contributed by atoms with Gasteiger partial charge in [0.1, 0.15) is 16.4 Å². The lowest BCUT2D eigenvalue weighted by molar-refractivity contribution is -0.138. The summed E-state index contributed by atoms with van der Waals surface area (Å²) >= 11 is 1.20. The molecule has 0 radical (unpaired) electrons. The van der Waals surface area contributed by atoms with Crippen molar-refractivity contribution in [3.05, 3.63) is 52.8 Å². The highest BCUT2D eigenvalue weighted by molar-refractivity contribution is 8.23. The number of allylic oxidation sites excluding steroid dienone is 1. The van der Waals surface area contributed by atoms with Crippen LogP contribution in [0.15, 0.2) is 57.8 Å². The third-order valence-electron chi connectivity index (χ3n) is 4.48. The highest BCUT2D eigenvalue weighted by Crippen LogP contribution is 2.52. The molecule has 0 fully saturated rings. The predicted molar refractivity (Wildman–Crippen MR) is 106 cm³/mol. The number of nitrogens with zero attached hydrogens (tertiary/aromatic N) is 1. The summed E-state index contributed by atoms with van der Waals surface area (Å²) in [5.74, 6) is -0.441. The van der Waals surface area contributed by atoms with Crippen molar-refractivity contribution in [2.24, 2.45) is 4.99 Å². The maximum atomic E-state index is 13.0. The molecule has 0 unspecified atom stereocenters. The van der Waals surface area contributed by atoms with Crippen LogP contribution in [0.5, 0.6) is 0 Å². The molecule has 0 aliphatic carbocycles. The maximum Gasteiger partial charge on any atom is 0.344 e. The van der Waals surface area contributed by atoms with Gasteiger partial charge < -0.3 is 9.84 Å².